The van der Waals surface area contributed by atoms with E-state index in [1.54, 1.807) is 0 Å². The van der Waals surface area contributed by atoms with Crippen LogP contribution in [-0.4, -0.2) is 44.5 Å². The number of nitrogens with one attached hydrogen (secondary N) is 1. The fourth-order valence-electron chi connectivity index (χ4n) is 8.20. The number of hydrogen-bond acceptors (Lipinski definition) is 6. The highest BCUT2D eigenvalue weighted by Crippen LogP contribution is 2.47. The number of aromatic amines is 1. The lowest BCUT2D eigenvalue weighted by molar-refractivity contribution is -0.128. The molecule has 1 saturated heterocycles. The number of hydrogen-bond donors (Lipinski definition) is 1. The van der Waals surface area contributed by atoms with Gasteiger partial charge in [0.25, 0.3) is 6.08 Å². The summed E-state index contributed by atoms with van der Waals surface area (Å²) in [5, 5.41) is 0. The second-order valence-electron chi connectivity index (χ2n) is 14.1. The average Bonchev–Trinajstić information content (AvgIpc) is 3.84. The lowest BCUT2D eigenvalue weighted by Gasteiger charge is -2.40. The highest BCUT2D eigenvalue weighted by Gasteiger charge is 2.53. The van der Waals surface area contributed by atoms with E-state index < -0.39 is 41.9 Å². The number of benzene rings is 6. The molecule has 3 heterocycles. The molecule has 0 bridgehead atoms. The zero-order chi connectivity index (χ0) is 39.5. The summed E-state index contributed by atoms with van der Waals surface area (Å²) in [6, 6.07) is 59.2. The number of aromatic nitrogens is 4. The summed E-state index contributed by atoms with van der Waals surface area (Å²) in [7, 11) is 0. The third-order valence-electron chi connectivity index (χ3n) is 10.8. The van der Waals surface area contributed by atoms with Crippen molar-refractivity contribution in [2.45, 2.75) is 35.8 Å². The van der Waals surface area contributed by atoms with Gasteiger partial charge in [-0.3, -0.25) is 9.55 Å². The van der Waals surface area contributed by atoms with Gasteiger partial charge in [0.2, 0.25) is 0 Å². The van der Waals surface area contributed by atoms with Gasteiger partial charge in [-0.2, -0.15) is 9.37 Å². The third kappa shape index (κ3) is 6.63. The first-order valence-electron chi connectivity index (χ1n) is 19.1. The van der Waals surface area contributed by atoms with Crippen molar-refractivity contribution in [3.8, 4) is 0 Å². The van der Waals surface area contributed by atoms with E-state index in [1.807, 2.05) is 182 Å². The van der Waals surface area contributed by atoms with Gasteiger partial charge in [0.15, 0.2) is 17.0 Å². The van der Waals surface area contributed by atoms with Crippen molar-refractivity contribution in [3.63, 3.8) is 0 Å². The van der Waals surface area contributed by atoms with Crippen molar-refractivity contribution in [3.05, 3.63) is 232 Å². The van der Waals surface area contributed by atoms with Gasteiger partial charge in [-0.25, -0.2) is 9.37 Å². The minimum Gasteiger partial charge on any atom is -0.358 e. The van der Waals surface area contributed by atoms with E-state index in [9.17, 15) is 4.39 Å². The van der Waals surface area contributed by atoms with Crippen molar-refractivity contribution in [2.24, 2.45) is 0 Å². The van der Waals surface area contributed by atoms with Crippen molar-refractivity contribution >= 4 is 23.4 Å². The summed E-state index contributed by atoms with van der Waals surface area (Å²) < 4.78 is 55.6. The molecule has 6 aromatic carbocycles. The first-order chi connectivity index (χ1) is 28.5. The lowest BCUT2D eigenvalue weighted by atomic mass is 9.79. The largest absolute Gasteiger partial charge is 0.358 e. The van der Waals surface area contributed by atoms with E-state index in [0.29, 0.717) is 0 Å². The molecule has 0 unspecified atom stereocenters. The van der Waals surface area contributed by atoms with Gasteiger partial charge in [0, 0.05) is 0 Å². The average molecular weight is 789 g/mol. The van der Waals surface area contributed by atoms with Gasteiger partial charge in [-0.15, -0.1) is 0 Å². The minimum absolute atomic E-state index is 0.0549. The number of H-pyrrole nitrogens is 1. The molecule has 4 atom stereocenters. The Bertz CT molecular complexity index is 2460. The van der Waals surface area contributed by atoms with Crippen LogP contribution in [-0.2, 0) is 25.4 Å². The fourth-order valence-corrected chi connectivity index (χ4v) is 8.43. The monoisotopic (exact) mass is 788 g/mol. The van der Waals surface area contributed by atoms with Crippen molar-refractivity contribution in [2.75, 3.05) is 6.61 Å². The Balaban J connectivity index is 1.22. The Kier molecular flexibility index (Phi) is 10.3. The standard InChI is InChI=1S/C48H38F2N4O3S/c49-40-42(57-48(36-25-13-4-14-26-36,37-27-15-5-16-28-37)38-29-17-6-18-30-38)39(56-45(40)54-32-51-41-43(54)52-46(50)53-44(41)58)31-55-47(33-19-7-1-8-20-33,34-21-9-2-10-22-34)35-23-11-3-12-24-35/h1-30,32,39-40,42,45H,31H2,(H,52,53,58)/t39-,40+,42-,45-/m1/s1. The third-order valence-corrected chi connectivity index (χ3v) is 11.1. The lowest BCUT2D eigenvalue weighted by Crippen LogP contribution is -2.45. The van der Waals surface area contributed by atoms with Gasteiger partial charge in [-0.05, 0) is 33.4 Å². The number of nitrogens with zero attached hydrogens (tertiary/aromatic N) is 3. The molecule has 10 heteroatoms. The van der Waals surface area contributed by atoms with Gasteiger partial charge < -0.3 is 14.2 Å². The summed E-state index contributed by atoms with van der Waals surface area (Å²) in [6.07, 6.45) is -4.95. The van der Waals surface area contributed by atoms with E-state index in [-0.39, 0.29) is 22.4 Å². The van der Waals surface area contributed by atoms with Crippen LogP contribution in [0.15, 0.2) is 188 Å². The highest BCUT2D eigenvalue weighted by atomic mass is 32.1. The highest BCUT2D eigenvalue weighted by molar-refractivity contribution is 7.71. The Labute approximate surface area is 339 Å². The molecule has 0 radical (unpaired) electrons. The second-order valence-corrected chi connectivity index (χ2v) is 14.5. The van der Waals surface area contributed by atoms with E-state index in [4.69, 9.17) is 26.4 Å². The SMILES string of the molecule is Fc1nc(=S)c2ncn([C@@H]3O[C@H](COC(c4ccccc4)(c4ccccc4)c4ccccc4)[C@@H](OC(c4ccccc4)(c4ccccc4)c4ccccc4)[C@@H]3F)c2[nH]1. The molecule has 8 aromatic rings. The molecule has 1 N–H and O–H groups in total. The predicted octanol–water partition coefficient (Wildman–Crippen LogP) is 10.2. The number of ether oxygens (including phenoxy) is 3. The summed E-state index contributed by atoms with van der Waals surface area (Å²) >= 11 is 5.33. The van der Waals surface area contributed by atoms with E-state index >= 15 is 4.39 Å². The molecule has 1 aliphatic rings. The van der Waals surface area contributed by atoms with Crippen molar-refractivity contribution in [1.82, 2.24) is 19.5 Å². The Hall–Kier alpha value is -6.17. The molecule has 0 aliphatic carbocycles. The minimum atomic E-state index is -1.82. The first kappa shape index (κ1) is 37.4. The predicted molar refractivity (Wildman–Crippen MR) is 221 cm³/mol. The summed E-state index contributed by atoms with van der Waals surface area (Å²) in [5.41, 5.74) is 2.90. The summed E-state index contributed by atoms with van der Waals surface area (Å²) in [4.78, 5) is 10.7. The maximum atomic E-state index is 18.0. The quantitative estimate of drug-likeness (QED) is 0.0755. The molecular formula is C48H38F2N4O3S. The molecule has 0 amide bonds. The van der Waals surface area contributed by atoms with Crippen LogP contribution >= 0.6 is 12.2 Å². The van der Waals surface area contributed by atoms with Crippen LogP contribution in [0.25, 0.3) is 11.2 Å². The second kappa shape index (κ2) is 16.0. The Morgan fingerprint density at radius 3 is 1.43 bits per heavy atom. The van der Waals surface area contributed by atoms with Gasteiger partial charge in [-0.1, -0.05) is 194 Å². The molecule has 1 fully saturated rings. The first-order valence-corrected chi connectivity index (χ1v) is 19.5. The maximum absolute atomic E-state index is 18.0. The fraction of sp³-hybridized carbons (Fsp3) is 0.146. The molecule has 2 aromatic heterocycles. The Morgan fingerprint density at radius 1 is 0.621 bits per heavy atom. The van der Waals surface area contributed by atoms with E-state index in [1.165, 1.54) is 10.9 Å². The zero-order valence-electron chi connectivity index (χ0n) is 31.1. The molecule has 0 spiro atoms. The van der Waals surface area contributed by atoms with Gasteiger partial charge >= 0.3 is 0 Å². The smallest absolute Gasteiger partial charge is 0.289 e. The Morgan fingerprint density at radius 2 is 1.02 bits per heavy atom. The van der Waals surface area contributed by atoms with Gasteiger partial charge in [0.05, 0.1) is 12.9 Å². The van der Waals surface area contributed by atoms with Crippen molar-refractivity contribution in [1.29, 1.82) is 0 Å². The number of imidazole rings is 1. The molecule has 7 nitrogen and oxygen atoms in total. The van der Waals surface area contributed by atoms with Crippen LogP contribution in [0.3, 0.4) is 0 Å². The van der Waals surface area contributed by atoms with Gasteiger partial charge in [0.1, 0.15) is 34.6 Å². The molecular weight excluding hydrogens is 751 g/mol. The molecule has 0 saturated carbocycles. The molecule has 58 heavy (non-hydrogen) atoms. The summed E-state index contributed by atoms with van der Waals surface area (Å²) in [6.45, 7) is -0.118. The number of halogens is 2. The van der Waals surface area contributed by atoms with Crippen LogP contribution in [0.2, 0.25) is 0 Å². The maximum Gasteiger partial charge on any atom is 0.289 e. The zero-order valence-corrected chi connectivity index (χ0v) is 32.0. The van der Waals surface area contributed by atoms with Crippen molar-refractivity contribution < 1.29 is 23.0 Å². The number of rotatable bonds is 12. The molecule has 1 aliphatic heterocycles. The molecule has 9 rings (SSSR count). The molecule has 288 valence electrons. The number of fused-ring (bicyclic) bond motifs is 1. The normalized spacial score (nSPS) is 18.4. The summed E-state index contributed by atoms with van der Waals surface area (Å²) in [5.74, 6) is 0. The van der Waals surface area contributed by atoms with Crippen LogP contribution in [0, 0.1) is 10.7 Å². The van der Waals surface area contributed by atoms with Crippen LogP contribution in [0.1, 0.15) is 39.6 Å². The van der Waals surface area contributed by atoms with Crippen LogP contribution < -0.4 is 0 Å². The van der Waals surface area contributed by atoms with Crippen LogP contribution in [0.5, 0.6) is 0 Å². The topological polar surface area (TPSA) is 74.2 Å². The van der Waals surface area contributed by atoms with E-state index in [0.717, 1.165) is 33.4 Å². The van der Waals surface area contributed by atoms with E-state index in [2.05, 4.69) is 15.0 Å². The van der Waals surface area contributed by atoms with Crippen LogP contribution in [0.4, 0.5) is 8.78 Å². The number of alkyl halides is 1.